The molecule has 0 radical (unpaired) electrons. The molecule has 5 amide bonds. The van der Waals surface area contributed by atoms with Crippen molar-refractivity contribution in [1.29, 1.82) is 0 Å². The van der Waals surface area contributed by atoms with Crippen LogP contribution >= 0.6 is 0 Å². The molecule has 412 valence electrons. The van der Waals surface area contributed by atoms with Gasteiger partial charge in [-0.3, -0.25) is 34.2 Å². The number of piperidine rings is 1. The first-order chi connectivity index (χ1) is 35.4. The number of nitrogens with one attached hydrogen (secondary N) is 2. The van der Waals surface area contributed by atoms with E-state index in [0.29, 0.717) is 172 Å². The van der Waals surface area contributed by atoms with Gasteiger partial charge in [-0.15, -0.1) is 0 Å². The lowest BCUT2D eigenvalue weighted by molar-refractivity contribution is -0.136. The van der Waals surface area contributed by atoms with Crippen LogP contribution in [0.5, 0.6) is 0 Å². The Labute approximate surface area is 426 Å². The third-order valence-electron chi connectivity index (χ3n) is 11.0. The molecule has 2 aliphatic rings. The molecule has 1 saturated heterocycles. The van der Waals surface area contributed by atoms with Crippen molar-refractivity contribution < 1.29 is 85.6 Å². The number of ether oxygens (including phenoxy) is 13. The largest absolute Gasteiger partial charge is 0.379 e. The number of fused-ring (bicyclic) bond motifs is 1. The number of anilines is 1. The number of hydrogen-bond acceptors (Lipinski definition) is 18. The maximum atomic E-state index is 13.2. The number of hydrogen-bond donors (Lipinski definition) is 2. The molecule has 2 aliphatic heterocycles. The van der Waals surface area contributed by atoms with Crippen molar-refractivity contribution in [2.75, 3.05) is 177 Å². The Hall–Kier alpha value is -3.55. The van der Waals surface area contributed by atoms with E-state index in [-0.39, 0.29) is 42.0 Å². The number of nitrogens with zero attached hydrogens (tertiary/aromatic N) is 1. The number of amides is 5. The smallest absolute Gasteiger partial charge is 0.264 e. The van der Waals surface area contributed by atoms with Crippen molar-refractivity contribution in [2.24, 2.45) is 0 Å². The second kappa shape index (κ2) is 43.8. The Morgan fingerprint density at radius 3 is 1.24 bits per heavy atom. The molecule has 21 heteroatoms. The summed E-state index contributed by atoms with van der Waals surface area (Å²) in [5.74, 6) is -2.72. The molecule has 0 spiro atoms. The lowest BCUT2D eigenvalue weighted by Gasteiger charge is -2.27. The monoisotopic (exact) mass is 1030 g/mol. The SMILES string of the molecule is CCCCCCCCOCCOCCOCCOCCOCCOCCOCCOCCOCCOCCOCCOCCOCCCCCC(=O)Nc1cccc2c1C(=O)N(C1CCC(=O)NC1=O)C2=O. The van der Waals surface area contributed by atoms with Crippen LogP contribution in [0.1, 0.15) is 105 Å². The highest BCUT2D eigenvalue weighted by Crippen LogP contribution is 2.32. The van der Waals surface area contributed by atoms with Crippen LogP contribution in [0.15, 0.2) is 18.2 Å². The van der Waals surface area contributed by atoms with Gasteiger partial charge in [0.05, 0.1) is 175 Å². The van der Waals surface area contributed by atoms with Crippen LogP contribution in [0.3, 0.4) is 0 Å². The molecule has 0 bridgehead atoms. The van der Waals surface area contributed by atoms with Gasteiger partial charge < -0.3 is 66.9 Å². The summed E-state index contributed by atoms with van der Waals surface area (Å²) in [4.78, 5) is 63.7. The lowest BCUT2D eigenvalue weighted by Crippen LogP contribution is -2.54. The van der Waals surface area contributed by atoms with E-state index >= 15 is 0 Å². The molecule has 2 N–H and O–H groups in total. The van der Waals surface area contributed by atoms with Crippen LogP contribution in [0.25, 0.3) is 0 Å². The molecule has 1 atom stereocenters. The Kier molecular flexibility index (Phi) is 38.2. The third kappa shape index (κ3) is 30.0. The van der Waals surface area contributed by atoms with Crippen LogP contribution in [-0.4, -0.2) is 212 Å². The topological polar surface area (TPSA) is 233 Å². The molecule has 21 nitrogen and oxygen atoms in total. The predicted molar refractivity (Wildman–Crippen MR) is 264 cm³/mol. The predicted octanol–water partition coefficient (Wildman–Crippen LogP) is 4.16. The number of rotatable bonds is 51. The van der Waals surface area contributed by atoms with Gasteiger partial charge in [0, 0.05) is 26.1 Å². The standard InChI is InChI=1S/C51H85N3O18/c1-2-3-4-5-6-9-17-60-19-21-62-23-25-64-27-29-66-31-33-68-35-37-70-39-41-72-42-40-71-38-36-69-34-32-67-30-28-65-26-24-63-22-20-61-18-10-7-8-14-46(55)52-44-13-11-12-43-48(44)51(59)54(50(43)58)45-15-16-47(56)53-49(45)57/h11-13,45H,2-10,14-42H2,1H3,(H,52,55)(H,53,56,57). The number of carbonyl (C=O) groups excluding carboxylic acids is 5. The van der Waals surface area contributed by atoms with Crippen LogP contribution in [0.2, 0.25) is 0 Å². The summed E-state index contributed by atoms with van der Waals surface area (Å²) in [5.41, 5.74) is 0.378. The minimum atomic E-state index is -1.08. The van der Waals surface area contributed by atoms with Gasteiger partial charge in [0.1, 0.15) is 6.04 Å². The number of carbonyl (C=O) groups is 5. The fraction of sp³-hybridized carbons (Fsp3) is 0.784. The second-order valence-electron chi connectivity index (χ2n) is 16.8. The molecule has 0 saturated carbocycles. The molecule has 1 aromatic rings. The summed E-state index contributed by atoms with van der Waals surface area (Å²) in [6.45, 7) is 15.4. The van der Waals surface area contributed by atoms with Crippen molar-refractivity contribution >= 4 is 35.2 Å². The van der Waals surface area contributed by atoms with E-state index in [0.717, 1.165) is 30.8 Å². The zero-order valence-corrected chi connectivity index (χ0v) is 43.0. The van der Waals surface area contributed by atoms with Crippen LogP contribution in [-0.2, 0) is 76.0 Å². The molecule has 1 aromatic carbocycles. The van der Waals surface area contributed by atoms with Crippen molar-refractivity contribution in [3.63, 3.8) is 0 Å². The molecule has 2 heterocycles. The van der Waals surface area contributed by atoms with Crippen molar-refractivity contribution in [2.45, 2.75) is 90.0 Å². The number of imide groups is 2. The van der Waals surface area contributed by atoms with Gasteiger partial charge in [0.25, 0.3) is 11.8 Å². The highest BCUT2D eigenvalue weighted by molar-refractivity contribution is 6.26. The van der Waals surface area contributed by atoms with Crippen LogP contribution in [0, 0.1) is 0 Å². The maximum absolute atomic E-state index is 13.2. The van der Waals surface area contributed by atoms with E-state index in [1.54, 1.807) is 12.1 Å². The zero-order valence-electron chi connectivity index (χ0n) is 43.0. The van der Waals surface area contributed by atoms with Gasteiger partial charge in [-0.25, -0.2) is 0 Å². The third-order valence-corrected chi connectivity index (χ3v) is 11.0. The quantitative estimate of drug-likeness (QED) is 0.0689. The Balaban J connectivity index is 0.937. The summed E-state index contributed by atoms with van der Waals surface area (Å²) in [7, 11) is 0. The van der Waals surface area contributed by atoms with Crippen LogP contribution < -0.4 is 10.6 Å². The fourth-order valence-electron chi connectivity index (χ4n) is 7.22. The van der Waals surface area contributed by atoms with E-state index in [4.69, 9.17) is 61.6 Å². The first-order valence-corrected chi connectivity index (χ1v) is 26.1. The minimum Gasteiger partial charge on any atom is -0.379 e. The Morgan fingerprint density at radius 1 is 0.486 bits per heavy atom. The average Bonchev–Trinajstić information content (AvgIpc) is 3.63. The Bertz CT molecular complexity index is 1590. The van der Waals surface area contributed by atoms with E-state index in [2.05, 4.69) is 17.6 Å². The Morgan fingerprint density at radius 2 is 0.847 bits per heavy atom. The lowest BCUT2D eigenvalue weighted by atomic mass is 10.0. The van der Waals surface area contributed by atoms with Gasteiger partial charge in [-0.2, -0.15) is 0 Å². The molecule has 3 rings (SSSR count). The summed E-state index contributed by atoms with van der Waals surface area (Å²) in [6, 6.07) is 3.53. The van der Waals surface area contributed by atoms with Crippen molar-refractivity contribution in [3.05, 3.63) is 29.3 Å². The van der Waals surface area contributed by atoms with Crippen molar-refractivity contribution in [1.82, 2.24) is 10.2 Å². The first-order valence-electron chi connectivity index (χ1n) is 26.1. The normalized spacial score (nSPS) is 14.7. The van der Waals surface area contributed by atoms with Gasteiger partial charge in [0.2, 0.25) is 17.7 Å². The molecule has 0 aliphatic carbocycles. The summed E-state index contributed by atoms with van der Waals surface area (Å²) >= 11 is 0. The van der Waals surface area contributed by atoms with Gasteiger partial charge in [-0.05, 0) is 37.8 Å². The highest BCUT2D eigenvalue weighted by Gasteiger charge is 2.45. The minimum absolute atomic E-state index is 0.0263. The maximum Gasteiger partial charge on any atom is 0.264 e. The summed E-state index contributed by atoms with van der Waals surface area (Å²) < 4.78 is 71.9. The van der Waals surface area contributed by atoms with E-state index < -0.39 is 29.7 Å². The van der Waals surface area contributed by atoms with E-state index in [1.165, 1.54) is 38.2 Å². The zero-order chi connectivity index (χ0) is 51.4. The summed E-state index contributed by atoms with van der Waals surface area (Å²) in [6.07, 6.45) is 10.0. The van der Waals surface area contributed by atoms with Crippen LogP contribution in [0.4, 0.5) is 5.69 Å². The van der Waals surface area contributed by atoms with Gasteiger partial charge in [0.15, 0.2) is 0 Å². The molecule has 0 aromatic heterocycles. The van der Waals surface area contributed by atoms with E-state index in [1.807, 2.05) is 0 Å². The molecule has 72 heavy (non-hydrogen) atoms. The highest BCUT2D eigenvalue weighted by atomic mass is 16.6. The molecule has 1 unspecified atom stereocenters. The molecular formula is C51H85N3O18. The molecule has 1 fully saturated rings. The summed E-state index contributed by atoms with van der Waals surface area (Å²) in [5, 5.41) is 4.91. The second-order valence-corrected chi connectivity index (χ2v) is 16.8. The average molecular weight is 1030 g/mol. The van der Waals surface area contributed by atoms with E-state index in [9.17, 15) is 24.0 Å². The fourth-order valence-corrected chi connectivity index (χ4v) is 7.22. The van der Waals surface area contributed by atoms with Gasteiger partial charge in [-0.1, -0.05) is 51.5 Å². The number of benzene rings is 1. The number of unbranched alkanes of at least 4 members (excludes halogenated alkanes) is 7. The molecular weight excluding hydrogens is 943 g/mol. The first kappa shape index (κ1) is 62.7. The van der Waals surface area contributed by atoms with Crippen molar-refractivity contribution in [3.8, 4) is 0 Å². The van der Waals surface area contributed by atoms with Gasteiger partial charge >= 0.3 is 0 Å².